The van der Waals surface area contributed by atoms with Gasteiger partial charge in [0.05, 0.1) is 4.92 Å². The number of nitrogens with zero attached hydrogens (tertiary/aromatic N) is 2. The zero-order valence-corrected chi connectivity index (χ0v) is 14.7. The van der Waals surface area contributed by atoms with Crippen molar-refractivity contribution in [3.8, 4) is 0 Å². The van der Waals surface area contributed by atoms with Gasteiger partial charge in [0.25, 0.3) is 11.6 Å². The molecule has 0 saturated heterocycles. The van der Waals surface area contributed by atoms with Gasteiger partial charge in [-0.15, -0.1) is 0 Å². The van der Waals surface area contributed by atoms with Crippen molar-refractivity contribution in [1.82, 2.24) is 5.32 Å². The van der Waals surface area contributed by atoms with E-state index in [1.807, 2.05) is 18.7 Å². The van der Waals surface area contributed by atoms with Crippen molar-refractivity contribution in [2.24, 2.45) is 0 Å². The van der Waals surface area contributed by atoms with Crippen molar-refractivity contribution < 1.29 is 14.1 Å². The number of anilines is 1. The van der Waals surface area contributed by atoms with Gasteiger partial charge in [0, 0.05) is 30.8 Å². The zero-order valence-electron chi connectivity index (χ0n) is 14.7. The van der Waals surface area contributed by atoms with Crippen LogP contribution >= 0.6 is 0 Å². The number of nitrogens with one attached hydrogen (secondary N) is 1. The minimum Gasteiger partial charge on any atom is -0.361 e. The number of fused-ring (bicyclic) bond motifs is 1. The predicted molar refractivity (Wildman–Crippen MR) is 96.9 cm³/mol. The highest BCUT2D eigenvalue weighted by Crippen LogP contribution is 2.33. The number of nitro benzene ring substituents is 1. The Morgan fingerprint density at radius 3 is 2.69 bits per heavy atom. The van der Waals surface area contributed by atoms with Crippen LogP contribution in [-0.4, -0.2) is 23.4 Å². The topological polar surface area (TPSA) is 75.5 Å². The van der Waals surface area contributed by atoms with Crippen LogP contribution in [0.4, 0.5) is 15.8 Å². The maximum atomic E-state index is 13.4. The van der Waals surface area contributed by atoms with Gasteiger partial charge in [-0.1, -0.05) is 6.07 Å². The summed E-state index contributed by atoms with van der Waals surface area (Å²) in [5.74, 6) is -0.613. The normalized spacial score (nSPS) is 13.5. The summed E-state index contributed by atoms with van der Waals surface area (Å²) in [4.78, 5) is 25.1. The third kappa shape index (κ3) is 3.66. The van der Waals surface area contributed by atoms with Gasteiger partial charge in [-0.05, 0) is 55.7 Å². The lowest BCUT2D eigenvalue weighted by Gasteiger charge is -2.30. The maximum absolute atomic E-state index is 13.4. The molecule has 0 unspecified atom stereocenters. The highest BCUT2D eigenvalue weighted by molar-refractivity contribution is 5.96. The molecule has 7 heteroatoms. The van der Waals surface area contributed by atoms with E-state index in [-0.39, 0.29) is 29.0 Å². The summed E-state index contributed by atoms with van der Waals surface area (Å²) < 4.78 is 13.4. The number of nitro groups is 1. The van der Waals surface area contributed by atoms with E-state index in [4.69, 9.17) is 0 Å². The molecule has 3 rings (SSSR count). The third-order valence-electron chi connectivity index (χ3n) is 4.38. The van der Waals surface area contributed by atoms with E-state index in [2.05, 4.69) is 5.32 Å². The van der Waals surface area contributed by atoms with Crippen LogP contribution in [0, 0.1) is 15.9 Å². The van der Waals surface area contributed by atoms with Gasteiger partial charge < -0.3 is 10.2 Å². The molecule has 0 aliphatic carbocycles. The zero-order chi connectivity index (χ0) is 18.8. The van der Waals surface area contributed by atoms with Crippen LogP contribution in [-0.2, 0) is 13.0 Å². The minimum atomic E-state index is -0.471. The van der Waals surface area contributed by atoms with Crippen LogP contribution in [0.15, 0.2) is 36.4 Å². The Balaban J connectivity index is 1.91. The smallest absolute Gasteiger partial charge is 0.293 e. The number of carbonyl (C=O) groups excluding carboxylic acids is 1. The van der Waals surface area contributed by atoms with Crippen molar-refractivity contribution in [1.29, 1.82) is 0 Å². The Bertz CT molecular complexity index is 867. The van der Waals surface area contributed by atoms with Gasteiger partial charge in [0.1, 0.15) is 11.5 Å². The molecule has 1 N–H and O–H groups in total. The maximum Gasteiger partial charge on any atom is 0.293 e. The summed E-state index contributed by atoms with van der Waals surface area (Å²) in [6.45, 7) is 4.67. The first-order valence-corrected chi connectivity index (χ1v) is 8.46. The molecular weight excluding hydrogens is 337 g/mol. The van der Waals surface area contributed by atoms with E-state index < -0.39 is 4.92 Å². The summed E-state index contributed by atoms with van der Waals surface area (Å²) in [5.41, 5.74) is 2.50. The summed E-state index contributed by atoms with van der Waals surface area (Å²) in [5, 5.41) is 14.3. The highest BCUT2D eigenvalue weighted by Gasteiger charge is 2.25. The number of rotatable bonds is 4. The van der Waals surface area contributed by atoms with Crippen molar-refractivity contribution in [2.45, 2.75) is 32.9 Å². The Kier molecular flexibility index (Phi) is 4.88. The molecule has 0 bridgehead atoms. The Morgan fingerprint density at radius 1 is 1.23 bits per heavy atom. The second-order valence-electron chi connectivity index (χ2n) is 6.67. The second-order valence-corrected chi connectivity index (χ2v) is 6.67. The average molecular weight is 357 g/mol. The van der Waals surface area contributed by atoms with Crippen LogP contribution in [0.25, 0.3) is 0 Å². The van der Waals surface area contributed by atoms with E-state index in [1.165, 1.54) is 18.2 Å². The molecule has 1 aliphatic rings. The largest absolute Gasteiger partial charge is 0.361 e. The molecule has 0 spiro atoms. The number of hydrogen-bond donors (Lipinski definition) is 1. The van der Waals surface area contributed by atoms with Gasteiger partial charge in [0.15, 0.2) is 0 Å². The summed E-state index contributed by atoms with van der Waals surface area (Å²) in [7, 11) is 0. The van der Waals surface area contributed by atoms with E-state index in [1.54, 1.807) is 18.2 Å². The number of hydrogen-bond acceptors (Lipinski definition) is 4. The number of benzene rings is 2. The first-order chi connectivity index (χ1) is 12.3. The van der Waals surface area contributed by atoms with Crippen LogP contribution in [0.2, 0.25) is 0 Å². The first kappa shape index (κ1) is 17.8. The van der Waals surface area contributed by atoms with Gasteiger partial charge in [-0.3, -0.25) is 14.9 Å². The molecular formula is C19H20FN3O3. The van der Waals surface area contributed by atoms with Gasteiger partial charge >= 0.3 is 0 Å². The molecule has 136 valence electrons. The van der Waals surface area contributed by atoms with Crippen LogP contribution in [0.5, 0.6) is 0 Å². The lowest BCUT2D eigenvalue weighted by molar-refractivity contribution is -0.384. The van der Waals surface area contributed by atoms with Gasteiger partial charge in [0.2, 0.25) is 0 Å². The Hall–Kier alpha value is -2.96. The van der Waals surface area contributed by atoms with Gasteiger partial charge in [-0.2, -0.15) is 0 Å². The summed E-state index contributed by atoms with van der Waals surface area (Å²) in [6, 6.07) is 9.10. The van der Waals surface area contributed by atoms with Crippen LogP contribution in [0.3, 0.4) is 0 Å². The quantitative estimate of drug-likeness (QED) is 0.672. The molecule has 1 aliphatic heterocycles. The molecule has 0 radical (unpaired) electrons. The third-order valence-corrected chi connectivity index (χ3v) is 4.38. The fourth-order valence-electron chi connectivity index (χ4n) is 3.15. The second kappa shape index (κ2) is 7.11. The van der Waals surface area contributed by atoms with Crippen molar-refractivity contribution in [2.75, 3.05) is 11.4 Å². The average Bonchev–Trinajstić information content (AvgIpc) is 2.60. The molecule has 1 heterocycles. The molecule has 6 nitrogen and oxygen atoms in total. The van der Waals surface area contributed by atoms with Crippen LogP contribution < -0.4 is 10.2 Å². The van der Waals surface area contributed by atoms with Crippen molar-refractivity contribution in [3.63, 3.8) is 0 Å². The monoisotopic (exact) mass is 357 g/mol. The fraction of sp³-hybridized carbons (Fsp3) is 0.316. The predicted octanol–water partition coefficient (Wildman–Crippen LogP) is 3.43. The summed E-state index contributed by atoms with van der Waals surface area (Å²) >= 11 is 0. The molecule has 26 heavy (non-hydrogen) atoms. The molecule has 0 aromatic heterocycles. The SMILES string of the molecule is CC(C)NC(=O)c1ccc(N2CCc3cc(F)ccc3C2)c([N+](=O)[O-])c1. The fourth-order valence-corrected chi connectivity index (χ4v) is 3.15. The Labute approximate surface area is 150 Å². The standard InChI is InChI=1S/C19H20FN3O3/c1-12(2)21-19(24)14-4-6-17(18(10-14)23(25)26)22-8-7-13-9-16(20)5-3-15(13)11-22/h3-6,9-10,12H,7-8,11H2,1-2H3,(H,21,24). The van der Waals surface area contributed by atoms with Crippen molar-refractivity contribution >= 4 is 17.3 Å². The van der Waals surface area contributed by atoms with E-state index in [9.17, 15) is 19.3 Å². The summed E-state index contributed by atoms with van der Waals surface area (Å²) in [6.07, 6.45) is 0.611. The number of carbonyl (C=O) groups is 1. The molecule has 2 aromatic carbocycles. The van der Waals surface area contributed by atoms with Crippen molar-refractivity contribution in [3.05, 3.63) is 69.0 Å². The minimum absolute atomic E-state index is 0.0553. The van der Waals surface area contributed by atoms with E-state index >= 15 is 0 Å². The molecule has 2 aromatic rings. The lowest BCUT2D eigenvalue weighted by atomic mass is 9.98. The van der Waals surface area contributed by atoms with E-state index in [0.29, 0.717) is 25.2 Å². The van der Waals surface area contributed by atoms with Gasteiger partial charge in [-0.25, -0.2) is 4.39 Å². The number of halogens is 1. The molecule has 0 fully saturated rings. The van der Waals surface area contributed by atoms with E-state index in [0.717, 1.165) is 11.1 Å². The highest BCUT2D eigenvalue weighted by atomic mass is 19.1. The first-order valence-electron chi connectivity index (χ1n) is 8.46. The lowest BCUT2D eigenvalue weighted by Crippen LogP contribution is -2.32. The molecule has 0 atom stereocenters. The molecule has 0 saturated carbocycles. The Morgan fingerprint density at radius 2 is 2.00 bits per heavy atom. The van der Waals surface area contributed by atoms with Crippen LogP contribution in [0.1, 0.15) is 35.3 Å². The molecule has 1 amide bonds. The number of amides is 1.